The van der Waals surface area contributed by atoms with Crippen molar-refractivity contribution in [1.82, 2.24) is 9.80 Å². The quantitative estimate of drug-likeness (QED) is 0.671. The van der Waals surface area contributed by atoms with Crippen molar-refractivity contribution in [2.75, 3.05) is 26.7 Å². The molecule has 0 aromatic carbocycles. The van der Waals surface area contributed by atoms with E-state index in [-0.39, 0.29) is 24.4 Å². The average molecular weight is 229 g/mol. The monoisotopic (exact) mass is 229 g/mol. The van der Waals surface area contributed by atoms with Crippen LogP contribution < -0.4 is 5.73 Å². The minimum atomic E-state index is -0.377. The van der Waals surface area contributed by atoms with Gasteiger partial charge in [0.05, 0.1) is 12.6 Å². The molecule has 0 saturated carbocycles. The summed E-state index contributed by atoms with van der Waals surface area (Å²) in [6.07, 6.45) is 0.622. The number of carbonyl (C=O) groups excluding carboxylic acids is 2. The van der Waals surface area contributed by atoms with E-state index in [1.165, 1.54) is 0 Å². The van der Waals surface area contributed by atoms with Gasteiger partial charge in [-0.25, -0.2) is 0 Å². The zero-order valence-electron chi connectivity index (χ0n) is 10.7. The second-order valence-electron chi connectivity index (χ2n) is 3.81. The molecule has 0 aromatic heterocycles. The fourth-order valence-corrected chi connectivity index (χ4v) is 1.73. The highest BCUT2D eigenvalue weighted by Crippen LogP contribution is 2.02. The molecular weight excluding hydrogens is 206 g/mol. The van der Waals surface area contributed by atoms with Gasteiger partial charge in [0, 0.05) is 13.1 Å². The molecule has 0 aliphatic carbocycles. The normalized spacial score (nSPS) is 12.6. The van der Waals surface area contributed by atoms with Crippen LogP contribution in [-0.4, -0.2) is 54.3 Å². The van der Waals surface area contributed by atoms with Gasteiger partial charge in [0.2, 0.25) is 11.8 Å². The number of hydrogen-bond donors (Lipinski definition) is 1. The van der Waals surface area contributed by atoms with E-state index >= 15 is 0 Å². The van der Waals surface area contributed by atoms with Crippen molar-refractivity contribution in [3.63, 3.8) is 0 Å². The smallest absolute Gasteiger partial charge is 0.236 e. The number of nitrogens with two attached hydrogens (primary N) is 1. The van der Waals surface area contributed by atoms with Crippen LogP contribution in [0.4, 0.5) is 0 Å². The summed E-state index contributed by atoms with van der Waals surface area (Å²) in [6, 6.07) is -0.362. The number of hydrogen-bond acceptors (Lipinski definition) is 3. The lowest BCUT2D eigenvalue weighted by Crippen LogP contribution is -2.47. The first-order valence-electron chi connectivity index (χ1n) is 5.75. The van der Waals surface area contributed by atoms with Crippen LogP contribution in [0, 0.1) is 0 Å². The molecule has 0 aromatic rings. The Morgan fingerprint density at radius 1 is 1.19 bits per heavy atom. The largest absolute Gasteiger partial charge is 0.368 e. The van der Waals surface area contributed by atoms with E-state index in [1.807, 2.05) is 20.8 Å². The lowest BCUT2D eigenvalue weighted by molar-refractivity contribution is -0.133. The third-order valence-electron chi connectivity index (χ3n) is 2.75. The van der Waals surface area contributed by atoms with Crippen LogP contribution in [-0.2, 0) is 9.59 Å². The summed E-state index contributed by atoms with van der Waals surface area (Å²) < 4.78 is 0. The first-order valence-corrected chi connectivity index (χ1v) is 5.75. The molecule has 0 saturated heterocycles. The van der Waals surface area contributed by atoms with E-state index in [0.717, 1.165) is 0 Å². The van der Waals surface area contributed by atoms with Gasteiger partial charge in [-0.05, 0) is 27.3 Å². The Balaban J connectivity index is 4.36. The van der Waals surface area contributed by atoms with Gasteiger partial charge in [-0.2, -0.15) is 0 Å². The summed E-state index contributed by atoms with van der Waals surface area (Å²) in [5.41, 5.74) is 5.26. The molecule has 0 radical (unpaired) electrons. The Bertz CT molecular complexity index is 239. The maximum absolute atomic E-state index is 11.8. The number of carbonyl (C=O) groups is 2. The zero-order chi connectivity index (χ0) is 12.7. The molecule has 0 heterocycles. The van der Waals surface area contributed by atoms with Crippen LogP contribution in [0.2, 0.25) is 0 Å². The predicted molar refractivity (Wildman–Crippen MR) is 63.8 cm³/mol. The van der Waals surface area contributed by atoms with E-state index in [2.05, 4.69) is 0 Å². The maximum atomic E-state index is 11.8. The molecular formula is C11H23N3O2. The molecule has 0 aliphatic rings. The van der Waals surface area contributed by atoms with Crippen molar-refractivity contribution in [3.05, 3.63) is 0 Å². The standard InChI is InChI=1S/C11H23N3O2/c1-5-9(11(12)16)13(4)8-10(15)14(6-2)7-3/h9H,5-8H2,1-4H3,(H2,12,16). The Labute approximate surface area is 97.6 Å². The molecule has 94 valence electrons. The van der Waals surface area contributed by atoms with Crippen LogP contribution in [0.25, 0.3) is 0 Å². The molecule has 2 N–H and O–H groups in total. The van der Waals surface area contributed by atoms with Crippen LogP contribution in [0.5, 0.6) is 0 Å². The molecule has 2 amide bonds. The van der Waals surface area contributed by atoms with E-state index in [1.54, 1.807) is 16.8 Å². The van der Waals surface area contributed by atoms with Gasteiger partial charge in [0.25, 0.3) is 0 Å². The van der Waals surface area contributed by atoms with Crippen molar-refractivity contribution in [3.8, 4) is 0 Å². The van der Waals surface area contributed by atoms with Crippen molar-refractivity contribution < 1.29 is 9.59 Å². The zero-order valence-corrected chi connectivity index (χ0v) is 10.7. The summed E-state index contributed by atoms with van der Waals surface area (Å²) in [5.74, 6) is -0.343. The highest BCUT2D eigenvalue weighted by atomic mass is 16.2. The van der Waals surface area contributed by atoms with Gasteiger partial charge in [0.15, 0.2) is 0 Å². The molecule has 0 rings (SSSR count). The topological polar surface area (TPSA) is 66.6 Å². The Morgan fingerprint density at radius 2 is 1.69 bits per heavy atom. The minimum Gasteiger partial charge on any atom is -0.368 e. The van der Waals surface area contributed by atoms with Crippen molar-refractivity contribution in [2.24, 2.45) is 5.73 Å². The number of rotatable bonds is 7. The fraction of sp³-hybridized carbons (Fsp3) is 0.818. The summed E-state index contributed by atoms with van der Waals surface area (Å²) >= 11 is 0. The molecule has 0 bridgehead atoms. The number of primary amides is 1. The average Bonchev–Trinajstić information content (AvgIpc) is 2.19. The third-order valence-corrected chi connectivity index (χ3v) is 2.75. The van der Waals surface area contributed by atoms with E-state index in [0.29, 0.717) is 19.5 Å². The Hall–Kier alpha value is -1.10. The molecule has 0 fully saturated rings. The fourth-order valence-electron chi connectivity index (χ4n) is 1.73. The van der Waals surface area contributed by atoms with E-state index in [9.17, 15) is 9.59 Å². The molecule has 0 spiro atoms. The minimum absolute atomic E-state index is 0.0344. The highest BCUT2D eigenvalue weighted by Gasteiger charge is 2.21. The second-order valence-corrected chi connectivity index (χ2v) is 3.81. The second kappa shape index (κ2) is 7.22. The predicted octanol–water partition coefficient (Wildman–Crippen LogP) is 0.0505. The summed E-state index contributed by atoms with van der Waals surface area (Å²) in [5, 5.41) is 0. The van der Waals surface area contributed by atoms with Gasteiger partial charge in [0.1, 0.15) is 0 Å². The molecule has 5 heteroatoms. The van der Waals surface area contributed by atoms with Crippen LogP contribution in [0.1, 0.15) is 27.2 Å². The van der Waals surface area contributed by atoms with Crippen LogP contribution in [0.15, 0.2) is 0 Å². The van der Waals surface area contributed by atoms with Crippen LogP contribution >= 0.6 is 0 Å². The van der Waals surface area contributed by atoms with Crippen molar-refractivity contribution in [2.45, 2.75) is 33.2 Å². The van der Waals surface area contributed by atoms with Gasteiger partial charge < -0.3 is 10.6 Å². The summed E-state index contributed by atoms with van der Waals surface area (Å²) in [7, 11) is 1.75. The lowest BCUT2D eigenvalue weighted by Gasteiger charge is -2.27. The molecule has 0 aliphatic heterocycles. The van der Waals surface area contributed by atoms with E-state index in [4.69, 9.17) is 5.73 Å². The number of likely N-dealkylation sites (N-methyl/N-ethyl adjacent to an activating group) is 2. The summed E-state index contributed by atoms with van der Waals surface area (Å²) in [4.78, 5) is 26.4. The number of nitrogens with zero attached hydrogens (tertiary/aromatic N) is 2. The van der Waals surface area contributed by atoms with Gasteiger partial charge in [-0.15, -0.1) is 0 Å². The number of amides is 2. The lowest BCUT2D eigenvalue weighted by atomic mass is 10.2. The van der Waals surface area contributed by atoms with E-state index < -0.39 is 0 Å². The van der Waals surface area contributed by atoms with Crippen molar-refractivity contribution in [1.29, 1.82) is 0 Å². The van der Waals surface area contributed by atoms with Crippen molar-refractivity contribution >= 4 is 11.8 Å². The Morgan fingerprint density at radius 3 is 2.00 bits per heavy atom. The SMILES string of the molecule is CCC(C(N)=O)N(C)CC(=O)N(CC)CC. The highest BCUT2D eigenvalue weighted by molar-refractivity contribution is 5.82. The maximum Gasteiger partial charge on any atom is 0.236 e. The first kappa shape index (κ1) is 14.9. The van der Waals surface area contributed by atoms with Gasteiger partial charge in [-0.3, -0.25) is 14.5 Å². The van der Waals surface area contributed by atoms with Gasteiger partial charge in [-0.1, -0.05) is 6.92 Å². The first-order chi connectivity index (χ1) is 7.47. The van der Waals surface area contributed by atoms with Crippen LogP contribution in [0.3, 0.4) is 0 Å². The molecule has 16 heavy (non-hydrogen) atoms. The molecule has 1 atom stereocenters. The third kappa shape index (κ3) is 4.18. The summed E-state index contributed by atoms with van der Waals surface area (Å²) in [6.45, 7) is 7.38. The van der Waals surface area contributed by atoms with Gasteiger partial charge >= 0.3 is 0 Å². The molecule has 5 nitrogen and oxygen atoms in total. The molecule has 1 unspecified atom stereocenters. The Kier molecular flexibility index (Phi) is 6.72.